The molecule has 0 spiro atoms. The van der Waals surface area contributed by atoms with Crippen LogP contribution in [0.4, 0.5) is 0 Å². The Kier molecular flexibility index (Phi) is 13.1. The van der Waals surface area contributed by atoms with Crippen molar-refractivity contribution in [3.63, 3.8) is 0 Å². The van der Waals surface area contributed by atoms with E-state index in [1.165, 1.54) is 50.6 Å². The van der Waals surface area contributed by atoms with E-state index < -0.39 is 5.79 Å². The predicted molar refractivity (Wildman–Crippen MR) is 118 cm³/mol. The van der Waals surface area contributed by atoms with E-state index in [0.717, 1.165) is 18.6 Å². The maximum atomic E-state index is 5.78. The molecule has 0 radical (unpaired) electrons. The third-order valence-electron chi connectivity index (χ3n) is 5.56. The second kappa shape index (κ2) is 14.4. The van der Waals surface area contributed by atoms with Crippen LogP contribution < -0.4 is 0 Å². The van der Waals surface area contributed by atoms with Gasteiger partial charge in [-0.3, -0.25) is 4.98 Å². The molecule has 27 heavy (non-hydrogen) atoms. The lowest BCUT2D eigenvalue weighted by atomic mass is 9.88. The van der Waals surface area contributed by atoms with Crippen LogP contribution in [0.3, 0.4) is 0 Å². The molecule has 0 aliphatic heterocycles. The molecule has 0 amide bonds. The zero-order valence-electron chi connectivity index (χ0n) is 18.2. The van der Waals surface area contributed by atoms with Crippen molar-refractivity contribution in [3.05, 3.63) is 30.1 Å². The molecule has 4 heteroatoms. The molecule has 1 aromatic rings. The van der Waals surface area contributed by atoms with Gasteiger partial charge < -0.3 is 9.47 Å². The van der Waals surface area contributed by atoms with Crippen LogP contribution in [0.2, 0.25) is 0 Å². The van der Waals surface area contributed by atoms with Crippen LogP contribution >= 0.6 is 11.8 Å². The Hall–Kier alpha value is -0.580. The summed E-state index contributed by atoms with van der Waals surface area (Å²) in [4.78, 5) is 4.42. The first kappa shape index (κ1) is 24.5. The molecule has 156 valence electrons. The lowest BCUT2D eigenvalue weighted by Crippen LogP contribution is -2.40. The number of methoxy groups -OCH3 is 2. The van der Waals surface area contributed by atoms with E-state index in [9.17, 15) is 0 Å². The topological polar surface area (TPSA) is 31.4 Å². The van der Waals surface area contributed by atoms with Gasteiger partial charge in [0.1, 0.15) is 0 Å². The molecule has 0 saturated carbocycles. The molecule has 0 aromatic carbocycles. The Labute approximate surface area is 172 Å². The summed E-state index contributed by atoms with van der Waals surface area (Å²) in [6.45, 7) is 6.70. The Morgan fingerprint density at radius 1 is 1.07 bits per heavy atom. The number of rotatable bonds is 16. The van der Waals surface area contributed by atoms with E-state index in [4.69, 9.17) is 9.47 Å². The molecule has 0 fully saturated rings. The van der Waals surface area contributed by atoms with Gasteiger partial charge in [-0.1, -0.05) is 58.4 Å². The van der Waals surface area contributed by atoms with E-state index in [1.54, 1.807) is 14.2 Å². The van der Waals surface area contributed by atoms with Gasteiger partial charge in [-0.25, -0.2) is 0 Å². The fourth-order valence-corrected chi connectivity index (χ4v) is 4.66. The van der Waals surface area contributed by atoms with Gasteiger partial charge in [0.15, 0.2) is 5.79 Å². The van der Waals surface area contributed by atoms with Crippen molar-refractivity contribution in [3.8, 4) is 0 Å². The van der Waals surface area contributed by atoms with Crippen molar-refractivity contribution in [2.75, 3.05) is 20.0 Å². The van der Waals surface area contributed by atoms with Crippen LogP contribution in [-0.4, -0.2) is 36.0 Å². The summed E-state index contributed by atoms with van der Waals surface area (Å²) in [5, 5.41) is 0.587. The predicted octanol–water partition coefficient (Wildman–Crippen LogP) is 6.51. The summed E-state index contributed by atoms with van der Waals surface area (Å²) in [6, 6.07) is 6.15. The quantitative estimate of drug-likeness (QED) is 0.236. The standard InChI is InChI=1S/C23H41NO2S/c1-6-7-8-9-10-11-14-21(23(3,25-4)26-5)19-20(2)27-18-16-22-15-12-13-17-24-22/h12-13,15,17,20-21H,6-11,14,16,18-19H2,1-5H3. The van der Waals surface area contributed by atoms with Crippen LogP contribution in [0.1, 0.15) is 77.8 Å². The summed E-state index contributed by atoms with van der Waals surface area (Å²) in [7, 11) is 3.55. The van der Waals surface area contributed by atoms with E-state index in [0.29, 0.717) is 11.2 Å². The monoisotopic (exact) mass is 395 g/mol. The second-order valence-corrected chi connectivity index (χ2v) is 9.21. The van der Waals surface area contributed by atoms with Gasteiger partial charge in [0, 0.05) is 37.3 Å². The molecule has 1 aromatic heterocycles. The zero-order chi connectivity index (χ0) is 20.0. The van der Waals surface area contributed by atoms with Gasteiger partial charge in [0.25, 0.3) is 0 Å². The van der Waals surface area contributed by atoms with Gasteiger partial charge in [0.05, 0.1) is 0 Å². The van der Waals surface area contributed by atoms with E-state index in [-0.39, 0.29) is 0 Å². The fourth-order valence-electron chi connectivity index (χ4n) is 3.56. The highest BCUT2D eigenvalue weighted by atomic mass is 32.2. The maximum absolute atomic E-state index is 5.78. The van der Waals surface area contributed by atoms with Crippen molar-refractivity contribution in [1.82, 2.24) is 4.98 Å². The van der Waals surface area contributed by atoms with Gasteiger partial charge >= 0.3 is 0 Å². The minimum Gasteiger partial charge on any atom is -0.353 e. The number of hydrogen-bond acceptors (Lipinski definition) is 4. The third-order valence-corrected chi connectivity index (χ3v) is 6.76. The van der Waals surface area contributed by atoms with E-state index >= 15 is 0 Å². The molecule has 1 heterocycles. The largest absolute Gasteiger partial charge is 0.353 e. The molecular formula is C23H41NO2S. The number of nitrogens with zero attached hydrogens (tertiary/aromatic N) is 1. The van der Waals surface area contributed by atoms with Gasteiger partial charge in [-0.2, -0.15) is 11.8 Å². The number of thioether (sulfide) groups is 1. The average molecular weight is 396 g/mol. The molecule has 1 rings (SSSR count). The normalized spacial score (nSPS) is 14.3. The molecule has 0 aliphatic carbocycles. The Bertz CT molecular complexity index is 465. The van der Waals surface area contributed by atoms with Crippen LogP contribution in [-0.2, 0) is 15.9 Å². The first-order valence-electron chi connectivity index (χ1n) is 10.7. The highest BCUT2D eigenvalue weighted by Crippen LogP contribution is 2.34. The highest BCUT2D eigenvalue weighted by Gasteiger charge is 2.34. The minimum absolute atomic E-state index is 0.427. The third kappa shape index (κ3) is 9.96. The number of unbranched alkanes of at least 4 members (excludes halogenated alkanes) is 5. The molecule has 0 aliphatic rings. The minimum atomic E-state index is -0.487. The van der Waals surface area contributed by atoms with Gasteiger partial charge in [-0.05, 0) is 44.1 Å². The van der Waals surface area contributed by atoms with Gasteiger partial charge in [0.2, 0.25) is 0 Å². The molecule has 0 bridgehead atoms. The summed E-state index contributed by atoms with van der Waals surface area (Å²) in [5.41, 5.74) is 1.18. The SMILES string of the molecule is CCCCCCCCC(CC(C)SCCc1ccccn1)C(C)(OC)OC. The first-order valence-corrected chi connectivity index (χ1v) is 11.7. The van der Waals surface area contributed by atoms with E-state index in [2.05, 4.69) is 37.9 Å². The number of ether oxygens (including phenoxy) is 2. The van der Waals surface area contributed by atoms with Gasteiger partial charge in [-0.15, -0.1) is 0 Å². The first-order chi connectivity index (χ1) is 13.1. The maximum Gasteiger partial charge on any atom is 0.167 e. The highest BCUT2D eigenvalue weighted by molar-refractivity contribution is 7.99. The van der Waals surface area contributed by atoms with E-state index in [1.807, 2.05) is 24.0 Å². The molecule has 2 unspecified atom stereocenters. The van der Waals surface area contributed by atoms with Crippen molar-refractivity contribution < 1.29 is 9.47 Å². The molecule has 0 N–H and O–H groups in total. The Morgan fingerprint density at radius 3 is 2.41 bits per heavy atom. The molecule has 0 saturated heterocycles. The molecule has 2 atom stereocenters. The van der Waals surface area contributed by atoms with Crippen LogP contribution in [0.25, 0.3) is 0 Å². The fraction of sp³-hybridized carbons (Fsp3) is 0.783. The Balaban J connectivity index is 2.43. The Morgan fingerprint density at radius 2 is 1.78 bits per heavy atom. The van der Waals surface area contributed by atoms with Crippen LogP contribution in [0.5, 0.6) is 0 Å². The zero-order valence-corrected chi connectivity index (χ0v) is 19.0. The summed E-state index contributed by atoms with van der Waals surface area (Å²) in [5.74, 6) is 1.05. The smallest absolute Gasteiger partial charge is 0.167 e. The number of aromatic nitrogens is 1. The van der Waals surface area contributed by atoms with Crippen LogP contribution in [0, 0.1) is 5.92 Å². The second-order valence-electron chi connectivity index (χ2n) is 7.67. The summed E-state index contributed by atoms with van der Waals surface area (Å²) in [6.07, 6.45) is 13.2. The molecule has 3 nitrogen and oxygen atoms in total. The summed E-state index contributed by atoms with van der Waals surface area (Å²) < 4.78 is 11.6. The van der Waals surface area contributed by atoms with Crippen LogP contribution in [0.15, 0.2) is 24.4 Å². The number of hydrogen-bond donors (Lipinski definition) is 0. The van der Waals surface area contributed by atoms with Crippen molar-refractivity contribution in [2.24, 2.45) is 5.92 Å². The lowest BCUT2D eigenvalue weighted by Gasteiger charge is -2.36. The number of pyridine rings is 1. The number of aryl methyl sites for hydroxylation is 1. The summed E-state index contributed by atoms with van der Waals surface area (Å²) >= 11 is 2.04. The lowest BCUT2D eigenvalue weighted by molar-refractivity contribution is -0.229. The average Bonchev–Trinajstić information content (AvgIpc) is 2.70. The van der Waals surface area contributed by atoms with Crippen molar-refractivity contribution in [2.45, 2.75) is 89.6 Å². The van der Waals surface area contributed by atoms with Crippen molar-refractivity contribution in [1.29, 1.82) is 0 Å². The van der Waals surface area contributed by atoms with Crippen molar-refractivity contribution >= 4 is 11.8 Å². The molecular weight excluding hydrogens is 354 g/mol.